The van der Waals surface area contributed by atoms with Gasteiger partial charge in [-0.1, -0.05) is 46.0 Å². The predicted molar refractivity (Wildman–Crippen MR) is 89.4 cm³/mol. The minimum atomic E-state index is 0.224. The monoisotopic (exact) mass is 358 g/mol. The highest BCUT2D eigenvalue weighted by Gasteiger charge is 2.25. The zero-order valence-electron chi connectivity index (χ0n) is 10.8. The van der Waals surface area contributed by atoms with Crippen LogP contribution >= 0.6 is 46.1 Å². The van der Waals surface area contributed by atoms with Crippen LogP contribution in [0, 0.1) is 6.92 Å². The number of halogens is 3. The van der Waals surface area contributed by atoms with Crippen LogP contribution in [-0.2, 0) is 0 Å². The minimum Gasteiger partial charge on any atom is -0.380 e. The molecule has 2 N–H and O–H groups in total. The van der Waals surface area contributed by atoms with Crippen LogP contribution in [-0.4, -0.2) is 5.16 Å². The Morgan fingerprint density at radius 1 is 1.14 bits per heavy atom. The van der Waals surface area contributed by atoms with Gasteiger partial charge >= 0.3 is 0 Å². The molecule has 108 valence electrons. The van der Waals surface area contributed by atoms with Gasteiger partial charge in [-0.05, 0) is 30.0 Å². The van der Waals surface area contributed by atoms with E-state index >= 15 is 0 Å². The highest BCUT2D eigenvalue weighted by molar-refractivity contribution is 7.14. The molecule has 0 unspecified atom stereocenters. The number of aromatic nitrogens is 1. The third-order valence-electron chi connectivity index (χ3n) is 3.04. The summed E-state index contributed by atoms with van der Waals surface area (Å²) in [6.45, 7) is 1.92. The van der Waals surface area contributed by atoms with Gasteiger partial charge < -0.3 is 10.3 Å². The van der Waals surface area contributed by atoms with Crippen molar-refractivity contribution in [3.05, 3.63) is 44.2 Å². The third-order valence-corrected chi connectivity index (χ3v) is 5.36. The van der Waals surface area contributed by atoms with Crippen molar-refractivity contribution in [2.24, 2.45) is 0 Å². The summed E-state index contributed by atoms with van der Waals surface area (Å²) in [7, 11) is 0. The van der Waals surface area contributed by atoms with Gasteiger partial charge in [0.25, 0.3) is 0 Å². The molecule has 3 aromatic rings. The SMILES string of the molecule is Cc1csc(-c2onc(N)c2-c2c(Cl)cccc2Cl)c1Cl. The molecule has 3 rings (SSSR count). The lowest BCUT2D eigenvalue weighted by Gasteiger charge is -2.07. The molecule has 2 heterocycles. The zero-order valence-corrected chi connectivity index (χ0v) is 13.9. The van der Waals surface area contributed by atoms with Crippen molar-refractivity contribution in [3.63, 3.8) is 0 Å². The average Bonchev–Trinajstić information content (AvgIpc) is 2.95. The van der Waals surface area contributed by atoms with E-state index in [1.807, 2.05) is 12.3 Å². The number of nitrogen functional groups attached to an aromatic ring is 1. The normalized spacial score (nSPS) is 11.0. The van der Waals surface area contributed by atoms with E-state index in [1.54, 1.807) is 18.2 Å². The Labute approximate surface area is 140 Å². The lowest BCUT2D eigenvalue weighted by Crippen LogP contribution is -1.90. The molecule has 0 aliphatic rings. The third kappa shape index (κ3) is 2.42. The number of hydrogen-bond donors (Lipinski definition) is 1. The van der Waals surface area contributed by atoms with Crippen molar-refractivity contribution in [3.8, 4) is 21.8 Å². The van der Waals surface area contributed by atoms with Crippen LogP contribution in [0.2, 0.25) is 15.1 Å². The van der Waals surface area contributed by atoms with Crippen LogP contribution < -0.4 is 5.73 Å². The Bertz CT molecular complexity index is 805. The highest BCUT2D eigenvalue weighted by Crippen LogP contribution is 2.47. The second-order valence-corrected chi connectivity index (χ2v) is 6.50. The van der Waals surface area contributed by atoms with Crippen LogP contribution in [0.1, 0.15) is 5.56 Å². The van der Waals surface area contributed by atoms with E-state index in [0.717, 1.165) is 10.4 Å². The van der Waals surface area contributed by atoms with E-state index in [-0.39, 0.29) is 5.82 Å². The van der Waals surface area contributed by atoms with E-state index in [2.05, 4.69) is 5.16 Å². The van der Waals surface area contributed by atoms with Crippen LogP contribution in [0.25, 0.3) is 21.8 Å². The van der Waals surface area contributed by atoms with E-state index in [9.17, 15) is 0 Å². The fourth-order valence-corrected chi connectivity index (χ4v) is 3.87. The molecule has 0 saturated carbocycles. The smallest absolute Gasteiger partial charge is 0.188 e. The molecule has 7 heteroatoms. The molecule has 0 atom stereocenters. The van der Waals surface area contributed by atoms with Crippen molar-refractivity contribution < 1.29 is 4.52 Å². The van der Waals surface area contributed by atoms with Crippen molar-refractivity contribution in [2.45, 2.75) is 6.92 Å². The maximum atomic E-state index is 6.31. The first kappa shape index (κ1) is 14.7. The van der Waals surface area contributed by atoms with Crippen molar-refractivity contribution in [2.75, 3.05) is 5.73 Å². The summed E-state index contributed by atoms with van der Waals surface area (Å²) in [4.78, 5) is 0.754. The number of benzene rings is 1. The second-order valence-electron chi connectivity index (χ2n) is 4.43. The fraction of sp³-hybridized carbons (Fsp3) is 0.0714. The Balaban J connectivity index is 2.30. The van der Waals surface area contributed by atoms with Crippen LogP contribution in [0.5, 0.6) is 0 Å². The first-order valence-electron chi connectivity index (χ1n) is 5.94. The Morgan fingerprint density at radius 2 is 1.81 bits per heavy atom. The topological polar surface area (TPSA) is 52.0 Å². The number of hydrogen-bond acceptors (Lipinski definition) is 4. The van der Waals surface area contributed by atoms with Gasteiger partial charge in [-0.25, -0.2) is 0 Å². The van der Waals surface area contributed by atoms with Crippen molar-refractivity contribution >= 4 is 52.0 Å². The molecule has 0 bridgehead atoms. The molecule has 0 amide bonds. The maximum Gasteiger partial charge on any atom is 0.188 e. The first-order valence-corrected chi connectivity index (χ1v) is 7.95. The first-order chi connectivity index (χ1) is 10.0. The Kier molecular flexibility index (Phi) is 3.88. The van der Waals surface area contributed by atoms with Gasteiger partial charge in [0, 0.05) is 5.56 Å². The van der Waals surface area contributed by atoms with Gasteiger partial charge in [0.1, 0.15) is 0 Å². The second kappa shape index (κ2) is 5.54. The largest absolute Gasteiger partial charge is 0.380 e. The molecule has 0 aliphatic heterocycles. The van der Waals surface area contributed by atoms with Gasteiger partial charge in [0.05, 0.1) is 25.5 Å². The number of thiophene rings is 1. The molecule has 0 spiro atoms. The summed E-state index contributed by atoms with van der Waals surface area (Å²) in [5, 5.41) is 7.34. The van der Waals surface area contributed by atoms with Gasteiger partial charge in [-0.3, -0.25) is 0 Å². The number of nitrogens with two attached hydrogens (primary N) is 1. The molecule has 0 aliphatic carbocycles. The number of nitrogens with zero attached hydrogens (tertiary/aromatic N) is 1. The fourth-order valence-electron chi connectivity index (χ4n) is 2.02. The Morgan fingerprint density at radius 3 is 2.38 bits per heavy atom. The molecule has 21 heavy (non-hydrogen) atoms. The number of aryl methyl sites for hydroxylation is 1. The van der Waals surface area contributed by atoms with Gasteiger partial charge in [0.2, 0.25) is 0 Å². The minimum absolute atomic E-state index is 0.224. The van der Waals surface area contributed by atoms with Gasteiger partial charge in [-0.2, -0.15) is 0 Å². The van der Waals surface area contributed by atoms with E-state index in [0.29, 0.717) is 32.0 Å². The number of rotatable bonds is 2. The zero-order chi connectivity index (χ0) is 15.1. The summed E-state index contributed by atoms with van der Waals surface area (Å²) in [5.41, 5.74) is 8.06. The van der Waals surface area contributed by atoms with Gasteiger partial charge in [0.15, 0.2) is 11.6 Å². The van der Waals surface area contributed by atoms with Crippen molar-refractivity contribution in [1.29, 1.82) is 0 Å². The molecular formula is C14H9Cl3N2OS. The quantitative estimate of drug-likeness (QED) is 0.617. The summed E-state index contributed by atoms with van der Waals surface area (Å²) >= 11 is 20.3. The molecule has 0 radical (unpaired) electrons. The lowest BCUT2D eigenvalue weighted by atomic mass is 10.0. The molecule has 1 aromatic carbocycles. The average molecular weight is 360 g/mol. The summed E-state index contributed by atoms with van der Waals surface area (Å²) in [6, 6.07) is 5.24. The maximum absolute atomic E-state index is 6.31. The Hall–Kier alpha value is -1.20. The molecule has 0 saturated heterocycles. The van der Waals surface area contributed by atoms with Crippen LogP contribution in [0.4, 0.5) is 5.82 Å². The van der Waals surface area contributed by atoms with E-state index in [4.69, 9.17) is 45.1 Å². The van der Waals surface area contributed by atoms with Gasteiger partial charge in [-0.15, -0.1) is 11.3 Å². The number of anilines is 1. The van der Waals surface area contributed by atoms with E-state index in [1.165, 1.54) is 11.3 Å². The summed E-state index contributed by atoms with van der Waals surface area (Å²) in [6.07, 6.45) is 0. The van der Waals surface area contributed by atoms with Crippen molar-refractivity contribution in [1.82, 2.24) is 5.16 Å². The standard InChI is InChI=1S/C14H9Cl3N2OS/c1-6-5-21-13(11(6)17)12-10(14(18)19-20-12)9-7(15)3-2-4-8(9)16/h2-5H,1H3,(H2,18,19). The lowest BCUT2D eigenvalue weighted by molar-refractivity contribution is 0.437. The summed E-state index contributed by atoms with van der Waals surface area (Å²) in [5.74, 6) is 0.702. The van der Waals surface area contributed by atoms with Crippen LogP contribution in [0.3, 0.4) is 0 Å². The van der Waals surface area contributed by atoms with E-state index < -0.39 is 0 Å². The molecular weight excluding hydrogens is 351 g/mol. The molecule has 3 nitrogen and oxygen atoms in total. The summed E-state index contributed by atoms with van der Waals surface area (Å²) < 4.78 is 5.37. The molecule has 0 fully saturated rings. The highest BCUT2D eigenvalue weighted by atomic mass is 35.5. The predicted octanol–water partition coefficient (Wildman–Crippen LogP) is 5.92. The van der Waals surface area contributed by atoms with Crippen LogP contribution in [0.15, 0.2) is 28.1 Å². The molecule has 2 aromatic heterocycles.